The fourth-order valence-electron chi connectivity index (χ4n) is 2.69. The molecule has 1 aliphatic heterocycles. The van der Waals surface area contributed by atoms with Gasteiger partial charge >= 0.3 is 0 Å². The molecule has 2 N–H and O–H groups in total. The molecule has 1 aliphatic rings. The quantitative estimate of drug-likeness (QED) is 0.699. The van der Waals surface area contributed by atoms with Crippen molar-refractivity contribution in [1.82, 2.24) is 19.8 Å². The van der Waals surface area contributed by atoms with Crippen molar-refractivity contribution in [3.05, 3.63) is 39.6 Å². The highest BCUT2D eigenvalue weighted by Crippen LogP contribution is 2.30. The standard InChI is InChI=1S/C14H13Cl2N5S2/c15-9-4-3-8(6-10(9)16)7-22-14-20-21-12(11-2-1-5-17-11)18-19-13(21)23-14/h3-4,6,11,17H,1-2,5,7H2/p+1/t11-/m1/s1. The number of halogens is 2. The van der Waals surface area contributed by atoms with E-state index in [4.69, 9.17) is 23.2 Å². The number of quaternary nitrogens is 1. The van der Waals surface area contributed by atoms with Gasteiger partial charge in [0.1, 0.15) is 6.04 Å². The summed E-state index contributed by atoms with van der Waals surface area (Å²) < 4.78 is 2.88. The smallest absolute Gasteiger partial charge is 0.235 e. The lowest BCUT2D eigenvalue weighted by Crippen LogP contribution is -2.82. The summed E-state index contributed by atoms with van der Waals surface area (Å²) in [7, 11) is 0. The molecule has 1 fully saturated rings. The van der Waals surface area contributed by atoms with Gasteiger partial charge in [0, 0.05) is 18.6 Å². The minimum Gasteiger partial charge on any atom is -0.337 e. The highest BCUT2D eigenvalue weighted by molar-refractivity contribution is 8.00. The summed E-state index contributed by atoms with van der Waals surface area (Å²) in [5, 5.41) is 16.7. The number of fused-ring (bicyclic) bond motifs is 1. The lowest BCUT2D eigenvalue weighted by atomic mass is 10.2. The molecule has 2 aromatic heterocycles. The van der Waals surface area contributed by atoms with E-state index in [9.17, 15) is 0 Å². The minimum atomic E-state index is 0.389. The summed E-state index contributed by atoms with van der Waals surface area (Å²) in [6.45, 7) is 1.16. The summed E-state index contributed by atoms with van der Waals surface area (Å²) in [5.41, 5.74) is 1.12. The summed E-state index contributed by atoms with van der Waals surface area (Å²) in [6.07, 6.45) is 2.37. The van der Waals surface area contributed by atoms with Crippen LogP contribution < -0.4 is 5.32 Å². The molecule has 0 unspecified atom stereocenters. The number of thioether (sulfide) groups is 1. The lowest BCUT2D eigenvalue weighted by Gasteiger charge is -2.02. The van der Waals surface area contributed by atoms with Crippen LogP contribution >= 0.6 is 46.3 Å². The Bertz CT molecular complexity index is 841. The summed E-state index contributed by atoms with van der Waals surface area (Å²) >= 11 is 15.2. The maximum Gasteiger partial charge on any atom is 0.235 e. The third-order valence-electron chi connectivity index (χ3n) is 3.84. The predicted molar refractivity (Wildman–Crippen MR) is 93.4 cm³/mol. The summed E-state index contributed by atoms with van der Waals surface area (Å²) in [5.74, 6) is 1.77. The average molecular weight is 387 g/mol. The second kappa shape index (κ2) is 6.57. The van der Waals surface area contributed by atoms with Crippen molar-refractivity contribution in [3.8, 4) is 0 Å². The zero-order valence-corrected chi connectivity index (χ0v) is 15.2. The average Bonchev–Trinajstić information content (AvgIpc) is 3.24. The van der Waals surface area contributed by atoms with E-state index in [-0.39, 0.29) is 0 Å². The highest BCUT2D eigenvalue weighted by Gasteiger charge is 2.27. The first-order valence-corrected chi connectivity index (χ1v) is 9.89. The second-order valence-electron chi connectivity index (χ2n) is 5.43. The van der Waals surface area contributed by atoms with Gasteiger partial charge < -0.3 is 5.32 Å². The number of nitrogens with two attached hydrogens (primary N) is 1. The lowest BCUT2D eigenvalue weighted by molar-refractivity contribution is -0.677. The molecule has 3 aromatic rings. The van der Waals surface area contributed by atoms with E-state index in [1.165, 1.54) is 6.42 Å². The van der Waals surface area contributed by atoms with Gasteiger partial charge in [-0.1, -0.05) is 52.4 Å². The SMILES string of the molecule is Clc1ccc(CSc2nn3c([C@H]4CCC[NH2+]4)nnc3s2)cc1Cl. The fraction of sp³-hybridized carbons (Fsp3) is 0.357. The first-order chi connectivity index (χ1) is 11.2. The second-order valence-corrected chi connectivity index (χ2v) is 8.42. The van der Waals surface area contributed by atoms with Crippen LogP contribution in [0, 0.1) is 0 Å². The van der Waals surface area contributed by atoms with Crippen LogP contribution in [0.5, 0.6) is 0 Å². The van der Waals surface area contributed by atoms with E-state index < -0.39 is 0 Å². The molecule has 120 valence electrons. The van der Waals surface area contributed by atoms with Crippen LogP contribution in [0.2, 0.25) is 10.0 Å². The van der Waals surface area contributed by atoms with Crippen molar-refractivity contribution >= 4 is 51.3 Å². The van der Waals surface area contributed by atoms with Crippen molar-refractivity contribution in [1.29, 1.82) is 0 Å². The Kier molecular flexibility index (Phi) is 4.47. The van der Waals surface area contributed by atoms with Gasteiger partial charge in [-0.25, -0.2) is 0 Å². The molecule has 9 heteroatoms. The maximum absolute atomic E-state index is 6.06. The van der Waals surface area contributed by atoms with Crippen molar-refractivity contribution in [3.63, 3.8) is 0 Å². The number of hydrogen-bond donors (Lipinski definition) is 1. The van der Waals surface area contributed by atoms with E-state index in [0.717, 1.165) is 39.4 Å². The Morgan fingerprint density at radius 1 is 1.30 bits per heavy atom. The largest absolute Gasteiger partial charge is 0.337 e. The van der Waals surface area contributed by atoms with Gasteiger partial charge in [0.25, 0.3) is 0 Å². The van der Waals surface area contributed by atoms with Crippen LogP contribution in [0.1, 0.15) is 30.3 Å². The van der Waals surface area contributed by atoms with Gasteiger partial charge in [-0.05, 0) is 17.7 Å². The third-order valence-corrected chi connectivity index (χ3v) is 6.69. The van der Waals surface area contributed by atoms with Crippen molar-refractivity contribution in [2.24, 2.45) is 0 Å². The molecular weight excluding hydrogens is 373 g/mol. The molecule has 0 aliphatic carbocycles. The number of benzene rings is 1. The van der Waals surface area contributed by atoms with Crippen molar-refractivity contribution < 1.29 is 5.32 Å². The normalized spacial score (nSPS) is 18.1. The molecule has 1 saturated heterocycles. The van der Waals surface area contributed by atoms with Gasteiger partial charge in [-0.3, -0.25) is 0 Å². The summed E-state index contributed by atoms with van der Waals surface area (Å²) in [6, 6.07) is 6.10. The van der Waals surface area contributed by atoms with Gasteiger partial charge in [-0.2, -0.15) is 4.52 Å². The first-order valence-electron chi connectivity index (χ1n) is 7.33. The van der Waals surface area contributed by atoms with Crippen LogP contribution in [0.25, 0.3) is 4.96 Å². The van der Waals surface area contributed by atoms with Crippen LogP contribution in [0.3, 0.4) is 0 Å². The van der Waals surface area contributed by atoms with Crippen molar-refractivity contribution in [2.45, 2.75) is 29.0 Å². The fourth-order valence-corrected chi connectivity index (χ4v) is 4.83. The van der Waals surface area contributed by atoms with Gasteiger partial charge in [0.15, 0.2) is 4.34 Å². The molecule has 5 nitrogen and oxygen atoms in total. The molecule has 0 amide bonds. The highest BCUT2D eigenvalue weighted by atomic mass is 35.5. The number of aromatic nitrogens is 4. The topological polar surface area (TPSA) is 59.7 Å². The van der Waals surface area contributed by atoms with Gasteiger partial charge in [0.05, 0.1) is 16.6 Å². The molecule has 0 saturated carbocycles. The Hall–Kier alpha value is -0.860. The Morgan fingerprint density at radius 2 is 2.22 bits per heavy atom. The Morgan fingerprint density at radius 3 is 3.00 bits per heavy atom. The number of nitrogens with zero attached hydrogens (tertiary/aromatic N) is 4. The Balaban J connectivity index is 1.51. The molecule has 1 atom stereocenters. The van der Waals surface area contributed by atoms with Crippen LogP contribution in [0.4, 0.5) is 0 Å². The first kappa shape index (κ1) is 15.7. The van der Waals surface area contributed by atoms with Gasteiger partial charge in [0.2, 0.25) is 10.8 Å². The maximum atomic E-state index is 6.06. The molecule has 0 spiro atoms. The molecule has 1 aromatic carbocycles. The van der Waals surface area contributed by atoms with E-state index in [2.05, 4.69) is 20.6 Å². The van der Waals surface area contributed by atoms with E-state index in [0.29, 0.717) is 16.1 Å². The number of hydrogen-bond acceptors (Lipinski definition) is 5. The zero-order chi connectivity index (χ0) is 15.8. The zero-order valence-electron chi connectivity index (χ0n) is 12.1. The van der Waals surface area contributed by atoms with Crippen LogP contribution in [0.15, 0.2) is 22.5 Å². The molecule has 0 bridgehead atoms. The summed E-state index contributed by atoms with van der Waals surface area (Å²) in [4.78, 5) is 0.858. The Labute approximate surface area is 151 Å². The monoisotopic (exact) mass is 386 g/mol. The molecular formula is C14H14Cl2N5S2+. The van der Waals surface area contributed by atoms with E-state index in [1.54, 1.807) is 23.1 Å². The van der Waals surface area contributed by atoms with Gasteiger partial charge in [-0.15, -0.1) is 15.3 Å². The molecule has 23 heavy (non-hydrogen) atoms. The number of rotatable bonds is 4. The molecule has 4 rings (SSSR count). The van der Waals surface area contributed by atoms with Crippen LogP contribution in [-0.2, 0) is 5.75 Å². The van der Waals surface area contributed by atoms with E-state index >= 15 is 0 Å². The molecule has 3 heterocycles. The third kappa shape index (κ3) is 3.21. The van der Waals surface area contributed by atoms with Crippen LogP contribution in [-0.4, -0.2) is 26.4 Å². The minimum absolute atomic E-state index is 0.389. The van der Waals surface area contributed by atoms with E-state index in [1.807, 2.05) is 22.7 Å². The predicted octanol–water partition coefficient (Wildman–Crippen LogP) is 3.18. The van der Waals surface area contributed by atoms with Crippen molar-refractivity contribution in [2.75, 3.05) is 6.54 Å². The molecule has 0 radical (unpaired) electrons.